The summed E-state index contributed by atoms with van der Waals surface area (Å²) in [7, 11) is 2.06. The monoisotopic (exact) mass is 480 g/mol. The third-order valence-corrected chi connectivity index (χ3v) is 5.98. The first-order valence-corrected chi connectivity index (χ1v) is 12.0. The Hall–Kier alpha value is -3.43. The van der Waals surface area contributed by atoms with Gasteiger partial charge in [0.1, 0.15) is 17.2 Å². The molecule has 0 bridgehead atoms. The minimum Gasteiger partial charge on any atom is -0.491 e. The number of hydrogen-bond donors (Lipinski definition) is 1. The summed E-state index contributed by atoms with van der Waals surface area (Å²) in [6.07, 6.45) is 1.57. The molecule has 0 radical (unpaired) electrons. The highest BCUT2D eigenvalue weighted by Gasteiger charge is 2.20. The SMILES string of the molecule is CC(C)Oc1cc(Oc2ccc(C(=O)N3CCN(C)CC3)cc2)cc(C(=O)Nc2nccs2)c1. The van der Waals surface area contributed by atoms with Crippen LogP contribution in [0.1, 0.15) is 34.6 Å². The molecule has 8 nitrogen and oxygen atoms in total. The molecule has 178 valence electrons. The average molecular weight is 481 g/mol. The number of nitrogens with zero attached hydrogens (tertiary/aromatic N) is 3. The highest BCUT2D eigenvalue weighted by atomic mass is 32.1. The lowest BCUT2D eigenvalue weighted by atomic mass is 10.1. The van der Waals surface area contributed by atoms with E-state index in [2.05, 4.69) is 22.2 Å². The van der Waals surface area contributed by atoms with Gasteiger partial charge in [0.2, 0.25) is 0 Å². The number of thiazole rings is 1. The quantitative estimate of drug-likeness (QED) is 0.541. The van der Waals surface area contributed by atoms with Crippen LogP contribution in [0.2, 0.25) is 0 Å². The molecule has 34 heavy (non-hydrogen) atoms. The summed E-state index contributed by atoms with van der Waals surface area (Å²) in [6, 6.07) is 12.1. The molecule has 1 aliphatic rings. The third-order valence-electron chi connectivity index (χ3n) is 5.29. The lowest BCUT2D eigenvalue weighted by Crippen LogP contribution is -2.47. The number of hydrogen-bond acceptors (Lipinski definition) is 7. The predicted octanol–water partition coefficient (Wildman–Crippen LogP) is 4.36. The van der Waals surface area contributed by atoms with E-state index in [9.17, 15) is 9.59 Å². The van der Waals surface area contributed by atoms with Crippen molar-refractivity contribution in [3.05, 3.63) is 65.2 Å². The molecule has 2 aromatic carbocycles. The lowest BCUT2D eigenvalue weighted by Gasteiger charge is -2.32. The number of ether oxygens (including phenoxy) is 2. The average Bonchev–Trinajstić information content (AvgIpc) is 3.32. The van der Waals surface area contributed by atoms with Crippen molar-refractivity contribution in [3.63, 3.8) is 0 Å². The van der Waals surface area contributed by atoms with E-state index in [1.54, 1.807) is 54.0 Å². The van der Waals surface area contributed by atoms with Crippen LogP contribution >= 0.6 is 11.3 Å². The van der Waals surface area contributed by atoms with Crippen LogP contribution in [-0.4, -0.2) is 65.9 Å². The normalized spacial score (nSPS) is 14.2. The molecule has 1 aromatic heterocycles. The molecular formula is C25H28N4O4S. The lowest BCUT2D eigenvalue weighted by molar-refractivity contribution is 0.0664. The standard InChI is InChI=1S/C25H28N4O4S/c1-17(2)32-21-14-19(23(30)27-25-26-8-13-34-25)15-22(16-21)33-20-6-4-18(5-7-20)24(31)29-11-9-28(3)10-12-29/h4-8,13-17H,9-12H2,1-3H3,(H,26,27,30). The van der Waals surface area contributed by atoms with E-state index in [1.807, 2.05) is 18.7 Å². The van der Waals surface area contributed by atoms with E-state index in [4.69, 9.17) is 9.47 Å². The predicted molar refractivity (Wildman–Crippen MR) is 132 cm³/mol. The van der Waals surface area contributed by atoms with Crippen molar-refractivity contribution in [3.8, 4) is 17.2 Å². The Bertz CT molecular complexity index is 1120. The van der Waals surface area contributed by atoms with Crippen LogP contribution in [0.15, 0.2) is 54.0 Å². The Morgan fingerprint density at radius 2 is 1.68 bits per heavy atom. The van der Waals surface area contributed by atoms with E-state index < -0.39 is 0 Å². The summed E-state index contributed by atoms with van der Waals surface area (Å²) in [4.78, 5) is 33.7. The summed E-state index contributed by atoms with van der Waals surface area (Å²) >= 11 is 1.34. The Labute approximate surface area is 203 Å². The van der Waals surface area contributed by atoms with E-state index in [0.717, 1.165) is 26.2 Å². The van der Waals surface area contributed by atoms with E-state index in [1.165, 1.54) is 11.3 Å². The fourth-order valence-corrected chi connectivity index (χ4v) is 4.07. The third kappa shape index (κ3) is 6.12. The molecule has 0 atom stereocenters. The summed E-state index contributed by atoms with van der Waals surface area (Å²) in [5, 5.41) is 5.08. The molecule has 9 heteroatoms. The Morgan fingerprint density at radius 3 is 2.32 bits per heavy atom. The highest BCUT2D eigenvalue weighted by molar-refractivity contribution is 7.13. The number of likely N-dealkylation sites (N-methyl/N-ethyl adjacent to an activating group) is 1. The van der Waals surface area contributed by atoms with Crippen LogP contribution < -0.4 is 14.8 Å². The zero-order chi connectivity index (χ0) is 24.1. The van der Waals surface area contributed by atoms with Gasteiger partial charge in [0.05, 0.1) is 6.10 Å². The molecule has 1 saturated heterocycles. The molecule has 2 amide bonds. The van der Waals surface area contributed by atoms with Gasteiger partial charge in [-0.1, -0.05) is 0 Å². The largest absolute Gasteiger partial charge is 0.491 e. The van der Waals surface area contributed by atoms with Crippen molar-refractivity contribution in [1.82, 2.24) is 14.8 Å². The van der Waals surface area contributed by atoms with Crippen LogP contribution in [0.25, 0.3) is 0 Å². The molecule has 0 unspecified atom stereocenters. The summed E-state index contributed by atoms with van der Waals surface area (Å²) < 4.78 is 11.8. The van der Waals surface area contributed by atoms with Crippen LogP contribution in [-0.2, 0) is 0 Å². The molecule has 3 aromatic rings. The molecule has 1 fully saturated rings. The van der Waals surface area contributed by atoms with Crippen LogP contribution in [0, 0.1) is 0 Å². The number of aromatic nitrogens is 1. The number of anilines is 1. The maximum atomic E-state index is 12.8. The number of benzene rings is 2. The molecule has 0 aliphatic carbocycles. The molecular weight excluding hydrogens is 452 g/mol. The van der Waals surface area contributed by atoms with Gasteiger partial charge < -0.3 is 19.3 Å². The van der Waals surface area contributed by atoms with Crippen molar-refractivity contribution in [2.24, 2.45) is 0 Å². The fourth-order valence-electron chi connectivity index (χ4n) is 3.55. The van der Waals surface area contributed by atoms with Gasteiger partial charge in [0.25, 0.3) is 11.8 Å². The Balaban J connectivity index is 1.49. The molecule has 4 rings (SSSR count). The molecule has 1 aliphatic heterocycles. The van der Waals surface area contributed by atoms with Crippen molar-refractivity contribution in [2.75, 3.05) is 38.5 Å². The molecule has 0 spiro atoms. The first-order chi connectivity index (χ1) is 16.4. The van der Waals surface area contributed by atoms with Crippen molar-refractivity contribution >= 4 is 28.3 Å². The van der Waals surface area contributed by atoms with Gasteiger partial charge >= 0.3 is 0 Å². The number of piperazine rings is 1. The highest BCUT2D eigenvalue weighted by Crippen LogP contribution is 2.29. The number of nitrogens with one attached hydrogen (secondary N) is 1. The number of amides is 2. The minimum absolute atomic E-state index is 0.0214. The Kier molecular flexibility index (Phi) is 7.44. The minimum atomic E-state index is -0.304. The van der Waals surface area contributed by atoms with E-state index >= 15 is 0 Å². The maximum Gasteiger partial charge on any atom is 0.257 e. The van der Waals surface area contributed by atoms with Crippen molar-refractivity contribution in [2.45, 2.75) is 20.0 Å². The van der Waals surface area contributed by atoms with Crippen LogP contribution in [0.4, 0.5) is 5.13 Å². The zero-order valence-corrected chi connectivity index (χ0v) is 20.3. The first kappa shape index (κ1) is 23.7. The zero-order valence-electron chi connectivity index (χ0n) is 19.5. The molecule has 0 saturated carbocycles. The van der Waals surface area contributed by atoms with Gasteiger partial charge in [0, 0.05) is 54.9 Å². The van der Waals surface area contributed by atoms with Gasteiger partial charge in [-0.3, -0.25) is 14.9 Å². The number of rotatable bonds is 7. The van der Waals surface area contributed by atoms with Crippen molar-refractivity contribution in [1.29, 1.82) is 0 Å². The summed E-state index contributed by atoms with van der Waals surface area (Å²) in [5.74, 6) is 1.26. The Morgan fingerprint density at radius 1 is 0.971 bits per heavy atom. The maximum absolute atomic E-state index is 12.8. The van der Waals surface area contributed by atoms with Crippen molar-refractivity contribution < 1.29 is 19.1 Å². The van der Waals surface area contributed by atoms with Crippen LogP contribution in [0.3, 0.4) is 0 Å². The fraction of sp³-hybridized carbons (Fsp3) is 0.320. The van der Waals surface area contributed by atoms with Gasteiger partial charge in [-0.2, -0.15) is 0 Å². The van der Waals surface area contributed by atoms with Gasteiger partial charge in [-0.05, 0) is 57.3 Å². The first-order valence-electron chi connectivity index (χ1n) is 11.2. The second kappa shape index (κ2) is 10.7. The second-order valence-electron chi connectivity index (χ2n) is 8.37. The molecule has 2 heterocycles. The second-order valence-corrected chi connectivity index (χ2v) is 9.27. The van der Waals surface area contributed by atoms with E-state index in [0.29, 0.717) is 33.5 Å². The van der Waals surface area contributed by atoms with Gasteiger partial charge in [0.15, 0.2) is 5.13 Å². The van der Waals surface area contributed by atoms with Crippen LogP contribution in [0.5, 0.6) is 17.2 Å². The van der Waals surface area contributed by atoms with E-state index in [-0.39, 0.29) is 17.9 Å². The summed E-state index contributed by atoms with van der Waals surface area (Å²) in [6.45, 7) is 7.03. The molecule has 1 N–H and O–H groups in total. The smallest absolute Gasteiger partial charge is 0.257 e. The topological polar surface area (TPSA) is 84.0 Å². The number of carbonyl (C=O) groups is 2. The van der Waals surface area contributed by atoms with Gasteiger partial charge in [-0.25, -0.2) is 4.98 Å². The number of carbonyl (C=O) groups excluding carboxylic acids is 2. The van der Waals surface area contributed by atoms with Gasteiger partial charge in [-0.15, -0.1) is 11.3 Å². The summed E-state index contributed by atoms with van der Waals surface area (Å²) in [5.41, 5.74) is 1.02.